The second-order valence-electron chi connectivity index (χ2n) is 11.2. The smallest absolute Gasteiger partial charge is 0.338 e. The number of benzene rings is 4. The van der Waals surface area contributed by atoms with Gasteiger partial charge in [0.05, 0.1) is 42.7 Å². The van der Waals surface area contributed by atoms with Crippen molar-refractivity contribution in [1.29, 1.82) is 0 Å². The number of carbonyl (C=O) groups is 1. The van der Waals surface area contributed by atoms with Crippen LogP contribution in [0.5, 0.6) is 17.2 Å². The number of ether oxygens (including phenoxy) is 4. The Hall–Kier alpha value is -5.67. The molecule has 1 aliphatic heterocycles. The van der Waals surface area contributed by atoms with E-state index in [4.69, 9.17) is 23.9 Å². The van der Waals surface area contributed by atoms with E-state index in [9.17, 15) is 9.59 Å². The molecule has 5 aromatic rings. The molecule has 0 N–H and O–H groups in total. The molecule has 0 amide bonds. The lowest BCUT2D eigenvalue weighted by atomic mass is 9.93. The average Bonchev–Trinajstić information content (AvgIpc) is 3.45. The second kappa shape index (κ2) is 15.0. The number of hydrogen-bond donors (Lipinski definition) is 0. The Labute approximate surface area is 288 Å². The van der Waals surface area contributed by atoms with Gasteiger partial charge in [0.15, 0.2) is 16.3 Å². The third-order valence-electron chi connectivity index (χ3n) is 8.08. The van der Waals surface area contributed by atoms with Gasteiger partial charge in [-0.05, 0) is 65.9 Å². The molecule has 2 heterocycles. The highest BCUT2D eigenvalue weighted by Gasteiger charge is 2.35. The maximum atomic E-state index is 14.4. The third-order valence-corrected chi connectivity index (χ3v) is 9.06. The van der Waals surface area contributed by atoms with Crippen LogP contribution in [0.25, 0.3) is 11.8 Å². The molecule has 0 bridgehead atoms. The van der Waals surface area contributed by atoms with E-state index in [1.165, 1.54) is 11.3 Å². The van der Waals surface area contributed by atoms with Crippen molar-refractivity contribution >= 4 is 29.1 Å². The Morgan fingerprint density at radius 1 is 0.918 bits per heavy atom. The van der Waals surface area contributed by atoms with E-state index < -0.39 is 12.0 Å². The van der Waals surface area contributed by atoms with Crippen LogP contribution in [0.4, 0.5) is 0 Å². The van der Waals surface area contributed by atoms with Crippen molar-refractivity contribution in [3.8, 4) is 17.2 Å². The summed E-state index contributed by atoms with van der Waals surface area (Å²) in [7, 11) is 3.10. The van der Waals surface area contributed by atoms with Crippen molar-refractivity contribution < 1.29 is 23.7 Å². The first-order valence-corrected chi connectivity index (χ1v) is 16.7. The first-order valence-electron chi connectivity index (χ1n) is 15.9. The predicted molar refractivity (Wildman–Crippen MR) is 192 cm³/mol. The first-order chi connectivity index (χ1) is 23.9. The summed E-state index contributed by atoms with van der Waals surface area (Å²) in [5.41, 5.74) is 4.63. The Kier molecular flexibility index (Phi) is 10.2. The lowest BCUT2D eigenvalue weighted by Crippen LogP contribution is -2.40. The zero-order valence-corrected chi connectivity index (χ0v) is 28.4. The molecule has 0 spiro atoms. The topological polar surface area (TPSA) is 88.4 Å². The van der Waals surface area contributed by atoms with Crippen molar-refractivity contribution in [3.63, 3.8) is 0 Å². The van der Waals surface area contributed by atoms with Crippen molar-refractivity contribution in [3.05, 3.63) is 163 Å². The molecular weight excluding hydrogens is 637 g/mol. The molecule has 0 saturated carbocycles. The van der Waals surface area contributed by atoms with Crippen LogP contribution in [-0.4, -0.2) is 31.4 Å². The normalized spacial score (nSPS) is 14.1. The van der Waals surface area contributed by atoms with Crippen molar-refractivity contribution in [2.75, 3.05) is 20.8 Å². The summed E-state index contributed by atoms with van der Waals surface area (Å²) in [4.78, 5) is 33.6. The fraction of sp³-hybridized carbons (Fsp3) is 0.175. The van der Waals surface area contributed by atoms with Crippen LogP contribution in [0.2, 0.25) is 0 Å². The van der Waals surface area contributed by atoms with Gasteiger partial charge in [0.1, 0.15) is 12.4 Å². The van der Waals surface area contributed by atoms with Gasteiger partial charge in [0.25, 0.3) is 5.56 Å². The highest BCUT2D eigenvalue weighted by molar-refractivity contribution is 7.07. The number of fused-ring (bicyclic) bond motifs is 1. The highest BCUT2D eigenvalue weighted by atomic mass is 32.1. The second-order valence-corrected chi connectivity index (χ2v) is 12.2. The van der Waals surface area contributed by atoms with Gasteiger partial charge < -0.3 is 18.9 Å². The lowest BCUT2D eigenvalue weighted by molar-refractivity contribution is -0.138. The summed E-state index contributed by atoms with van der Waals surface area (Å²) in [6.07, 6.45) is 4.27. The monoisotopic (exact) mass is 672 g/mol. The third kappa shape index (κ3) is 6.98. The SMILES string of the molecule is C=CCc1cc(/C=c2/sc3n(c2=O)[C@@H](c2ccc(OC)c(OC)c2)C(C(=O)OCC)=C(c2ccccc2)N=3)ccc1OCc1ccccc1. The largest absolute Gasteiger partial charge is 0.493 e. The van der Waals surface area contributed by atoms with Crippen molar-refractivity contribution in [1.82, 2.24) is 4.57 Å². The van der Waals surface area contributed by atoms with Gasteiger partial charge in [-0.25, -0.2) is 9.79 Å². The fourth-order valence-electron chi connectivity index (χ4n) is 5.81. The Morgan fingerprint density at radius 3 is 2.33 bits per heavy atom. The number of rotatable bonds is 12. The molecule has 49 heavy (non-hydrogen) atoms. The van der Waals surface area contributed by atoms with Crippen LogP contribution in [-0.2, 0) is 22.6 Å². The quantitative estimate of drug-likeness (QED) is 0.115. The molecule has 4 aromatic carbocycles. The number of carbonyl (C=O) groups excluding carboxylic acids is 1. The molecule has 0 unspecified atom stereocenters. The molecule has 1 aromatic heterocycles. The molecule has 0 radical (unpaired) electrons. The zero-order chi connectivity index (χ0) is 34.3. The molecule has 1 aliphatic rings. The van der Waals surface area contributed by atoms with Crippen molar-refractivity contribution in [2.24, 2.45) is 4.99 Å². The molecule has 9 heteroatoms. The predicted octanol–water partition coefficient (Wildman–Crippen LogP) is 6.26. The number of nitrogens with zero attached hydrogens (tertiary/aromatic N) is 2. The molecule has 0 saturated heterocycles. The number of allylic oxidation sites excluding steroid dienone is 1. The van der Waals surface area contributed by atoms with E-state index in [1.54, 1.807) is 37.8 Å². The van der Waals surface area contributed by atoms with Gasteiger partial charge in [0, 0.05) is 5.56 Å². The maximum Gasteiger partial charge on any atom is 0.338 e. The van der Waals surface area contributed by atoms with E-state index in [-0.39, 0.29) is 17.7 Å². The standard InChI is InChI=1S/C40H36N2O6S/c1-5-13-29-22-27(18-20-31(29)48-25-26-14-9-7-10-15-26)23-34-38(43)42-37(30-19-21-32(45-3)33(24-30)46-4)35(39(44)47-6-2)36(41-40(42)49-34)28-16-11-8-12-17-28/h5,7-12,14-24,37H,1,6,13,25H2,2-4H3/b34-23+/t37-/m0/s1. The highest BCUT2D eigenvalue weighted by Crippen LogP contribution is 2.38. The van der Waals surface area contributed by atoms with E-state index in [0.29, 0.717) is 45.1 Å². The zero-order valence-electron chi connectivity index (χ0n) is 27.6. The van der Waals surface area contributed by atoms with Crippen LogP contribution in [0.1, 0.15) is 40.8 Å². The Morgan fingerprint density at radius 2 is 1.63 bits per heavy atom. The molecule has 8 nitrogen and oxygen atoms in total. The van der Waals surface area contributed by atoms with Crippen LogP contribution >= 0.6 is 11.3 Å². The van der Waals surface area contributed by atoms with Crippen LogP contribution in [0.3, 0.4) is 0 Å². The van der Waals surface area contributed by atoms with Gasteiger partial charge in [-0.1, -0.05) is 90.2 Å². The number of methoxy groups -OCH3 is 2. The van der Waals surface area contributed by atoms with Crippen LogP contribution < -0.4 is 29.1 Å². The fourth-order valence-corrected chi connectivity index (χ4v) is 6.81. The molecular formula is C40H36N2O6S. The molecule has 1 atom stereocenters. The minimum Gasteiger partial charge on any atom is -0.493 e. The van der Waals surface area contributed by atoms with Crippen molar-refractivity contribution in [2.45, 2.75) is 26.0 Å². The number of hydrogen-bond acceptors (Lipinski definition) is 8. The number of thiazole rings is 1. The number of esters is 1. The lowest BCUT2D eigenvalue weighted by Gasteiger charge is -2.26. The van der Waals surface area contributed by atoms with Gasteiger partial charge in [-0.3, -0.25) is 9.36 Å². The van der Waals surface area contributed by atoms with Gasteiger partial charge >= 0.3 is 5.97 Å². The Balaban J connectivity index is 1.52. The minimum absolute atomic E-state index is 0.158. The van der Waals surface area contributed by atoms with Crippen LogP contribution in [0, 0.1) is 0 Å². The molecule has 0 fully saturated rings. The van der Waals surface area contributed by atoms with E-state index >= 15 is 0 Å². The molecule has 6 rings (SSSR count). The summed E-state index contributed by atoms with van der Waals surface area (Å²) >= 11 is 1.26. The van der Waals surface area contributed by atoms with E-state index in [1.807, 2.05) is 97.1 Å². The minimum atomic E-state index is -0.849. The summed E-state index contributed by atoms with van der Waals surface area (Å²) < 4.78 is 24.9. The molecule has 0 aliphatic carbocycles. The average molecular weight is 673 g/mol. The summed E-state index contributed by atoms with van der Waals surface area (Å²) in [5.74, 6) is 1.18. The number of aromatic nitrogens is 1. The van der Waals surface area contributed by atoms with Gasteiger partial charge in [-0.2, -0.15) is 0 Å². The Bertz CT molecular complexity index is 2200. The summed E-state index contributed by atoms with van der Waals surface area (Å²) in [6.45, 7) is 6.27. The van der Waals surface area contributed by atoms with Gasteiger partial charge in [0.2, 0.25) is 0 Å². The first kappa shape index (κ1) is 33.2. The maximum absolute atomic E-state index is 14.4. The summed E-state index contributed by atoms with van der Waals surface area (Å²) in [5, 5.41) is 0. The van der Waals surface area contributed by atoms with E-state index in [2.05, 4.69) is 6.58 Å². The van der Waals surface area contributed by atoms with E-state index in [0.717, 1.165) is 28.0 Å². The van der Waals surface area contributed by atoms with Gasteiger partial charge in [-0.15, -0.1) is 6.58 Å². The molecule has 248 valence electrons. The summed E-state index contributed by atoms with van der Waals surface area (Å²) in [6, 6.07) is 29.8. The van der Waals surface area contributed by atoms with Crippen LogP contribution in [0.15, 0.2) is 125 Å².